The number of carbonyl (C=O) groups excluding carboxylic acids is 2. The van der Waals surface area contributed by atoms with Crippen LogP contribution in [0.2, 0.25) is 0 Å². The van der Waals surface area contributed by atoms with Crippen molar-refractivity contribution < 1.29 is 14.3 Å². The summed E-state index contributed by atoms with van der Waals surface area (Å²) >= 11 is 1.63. The molecule has 1 heterocycles. The Morgan fingerprint density at radius 3 is 2.48 bits per heavy atom. The van der Waals surface area contributed by atoms with Crippen LogP contribution in [0.25, 0.3) is 0 Å². The Labute approximate surface area is 164 Å². The highest BCUT2D eigenvalue weighted by molar-refractivity contribution is 7.99. The molecule has 2 aromatic rings. The van der Waals surface area contributed by atoms with Crippen LogP contribution in [0.5, 0.6) is 5.75 Å². The molecule has 0 aliphatic carbocycles. The summed E-state index contributed by atoms with van der Waals surface area (Å²) in [5, 5.41) is 6.45. The molecule has 0 aliphatic heterocycles. The fourth-order valence-electron chi connectivity index (χ4n) is 2.32. The molecule has 1 unspecified atom stereocenters. The van der Waals surface area contributed by atoms with E-state index in [1.807, 2.05) is 38.1 Å². The van der Waals surface area contributed by atoms with Gasteiger partial charge in [-0.1, -0.05) is 39.0 Å². The van der Waals surface area contributed by atoms with Gasteiger partial charge in [0.25, 0.3) is 5.91 Å². The first-order valence-corrected chi connectivity index (χ1v) is 9.85. The molecule has 0 saturated heterocycles. The minimum Gasteiger partial charge on any atom is -0.484 e. The lowest BCUT2D eigenvalue weighted by molar-refractivity contribution is -0.128. The highest BCUT2D eigenvalue weighted by Crippen LogP contribution is 2.17. The van der Waals surface area contributed by atoms with Crippen LogP contribution in [-0.2, 0) is 9.59 Å². The van der Waals surface area contributed by atoms with Crippen LogP contribution in [0.1, 0.15) is 20.8 Å². The van der Waals surface area contributed by atoms with Crippen molar-refractivity contribution in [2.75, 3.05) is 17.7 Å². The summed E-state index contributed by atoms with van der Waals surface area (Å²) in [7, 11) is 0. The molecule has 0 fully saturated rings. The molecule has 2 amide bonds. The zero-order valence-corrected chi connectivity index (χ0v) is 16.6. The molecular weight excluding hydrogens is 362 g/mol. The molecule has 144 valence electrons. The van der Waals surface area contributed by atoms with Gasteiger partial charge in [0.05, 0.1) is 16.9 Å². The lowest BCUT2D eigenvalue weighted by Crippen LogP contribution is -2.48. The van der Waals surface area contributed by atoms with Gasteiger partial charge < -0.3 is 15.4 Å². The predicted octanol–water partition coefficient (Wildman–Crippen LogP) is 3.35. The molecule has 0 radical (unpaired) electrons. The second-order valence-electron chi connectivity index (χ2n) is 6.20. The third-order valence-electron chi connectivity index (χ3n) is 3.67. The number of aromatic nitrogens is 1. The van der Waals surface area contributed by atoms with Gasteiger partial charge in [0.15, 0.2) is 6.61 Å². The van der Waals surface area contributed by atoms with Gasteiger partial charge >= 0.3 is 0 Å². The summed E-state index contributed by atoms with van der Waals surface area (Å²) in [6.07, 6.45) is 1.62. The number of pyridine rings is 1. The van der Waals surface area contributed by atoms with Crippen LogP contribution in [0.15, 0.2) is 53.7 Å². The summed E-state index contributed by atoms with van der Waals surface area (Å²) in [5.74, 6) is 0.838. The minimum absolute atomic E-state index is 0.0754. The average Bonchev–Trinajstić information content (AvgIpc) is 2.66. The molecule has 2 N–H and O–H groups in total. The second kappa shape index (κ2) is 10.6. The highest BCUT2D eigenvalue weighted by atomic mass is 32.2. The van der Waals surface area contributed by atoms with Gasteiger partial charge in [0.2, 0.25) is 5.91 Å². The number of ether oxygens (including phenoxy) is 1. The Kier molecular flexibility index (Phi) is 8.13. The van der Waals surface area contributed by atoms with Crippen molar-refractivity contribution in [2.24, 2.45) is 5.92 Å². The first-order chi connectivity index (χ1) is 13.0. The quantitative estimate of drug-likeness (QED) is 0.645. The third kappa shape index (κ3) is 6.94. The maximum atomic E-state index is 12.6. The van der Waals surface area contributed by atoms with Crippen molar-refractivity contribution in [3.8, 4) is 5.75 Å². The topological polar surface area (TPSA) is 80.3 Å². The number of hydrogen-bond acceptors (Lipinski definition) is 5. The molecule has 0 aliphatic rings. The van der Waals surface area contributed by atoms with Gasteiger partial charge in [0.1, 0.15) is 11.8 Å². The van der Waals surface area contributed by atoms with E-state index in [2.05, 4.69) is 22.5 Å². The number of para-hydroxylation sites is 1. The Hall–Kier alpha value is -2.54. The van der Waals surface area contributed by atoms with Gasteiger partial charge in [0, 0.05) is 0 Å². The predicted molar refractivity (Wildman–Crippen MR) is 108 cm³/mol. The SMILES string of the molecule is CCSc1ccc(NC(=O)C(NC(=O)COc2ccccc2)C(C)C)cn1. The zero-order valence-electron chi connectivity index (χ0n) is 15.8. The van der Waals surface area contributed by atoms with Gasteiger partial charge in [-0.15, -0.1) is 11.8 Å². The number of hydrogen-bond donors (Lipinski definition) is 2. The third-order valence-corrected chi connectivity index (χ3v) is 4.50. The van der Waals surface area contributed by atoms with Crippen LogP contribution in [0.4, 0.5) is 5.69 Å². The average molecular weight is 388 g/mol. The van der Waals surface area contributed by atoms with Gasteiger partial charge in [-0.2, -0.15) is 0 Å². The number of amides is 2. The monoisotopic (exact) mass is 387 g/mol. The highest BCUT2D eigenvalue weighted by Gasteiger charge is 2.24. The summed E-state index contributed by atoms with van der Waals surface area (Å²) in [6, 6.07) is 12.1. The van der Waals surface area contributed by atoms with Gasteiger partial charge in [-0.25, -0.2) is 4.98 Å². The van der Waals surface area contributed by atoms with Crippen molar-refractivity contribution in [1.29, 1.82) is 0 Å². The fraction of sp³-hybridized carbons (Fsp3) is 0.350. The maximum absolute atomic E-state index is 12.6. The van der Waals surface area contributed by atoms with Crippen molar-refractivity contribution in [1.82, 2.24) is 10.3 Å². The van der Waals surface area contributed by atoms with E-state index < -0.39 is 6.04 Å². The summed E-state index contributed by atoms with van der Waals surface area (Å²) in [6.45, 7) is 5.66. The van der Waals surface area contributed by atoms with E-state index in [0.29, 0.717) is 11.4 Å². The summed E-state index contributed by atoms with van der Waals surface area (Å²) in [5.41, 5.74) is 0.598. The number of nitrogens with zero attached hydrogens (tertiary/aromatic N) is 1. The first-order valence-electron chi connectivity index (χ1n) is 8.86. The molecule has 1 atom stereocenters. The Morgan fingerprint density at radius 1 is 1.15 bits per heavy atom. The molecule has 27 heavy (non-hydrogen) atoms. The molecule has 7 heteroatoms. The normalized spacial score (nSPS) is 11.7. The summed E-state index contributed by atoms with van der Waals surface area (Å²) < 4.78 is 5.43. The number of anilines is 1. The lowest BCUT2D eigenvalue weighted by Gasteiger charge is -2.21. The first kappa shape index (κ1) is 20.8. The van der Waals surface area contributed by atoms with E-state index in [-0.39, 0.29) is 24.3 Å². The van der Waals surface area contributed by atoms with E-state index >= 15 is 0 Å². The number of thioether (sulfide) groups is 1. The minimum atomic E-state index is -0.665. The number of benzene rings is 1. The molecule has 1 aromatic carbocycles. The maximum Gasteiger partial charge on any atom is 0.258 e. The van der Waals surface area contributed by atoms with E-state index in [0.717, 1.165) is 10.8 Å². The van der Waals surface area contributed by atoms with Crippen LogP contribution in [-0.4, -0.2) is 35.2 Å². The molecule has 0 bridgehead atoms. The molecule has 0 saturated carbocycles. The largest absolute Gasteiger partial charge is 0.484 e. The Morgan fingerprint density at radius 2 is 1.89 bits per heavy atom. The fourth-order valence-corrected chi connectivity index (χ4v) is 2.91. The van der Waals surface area contributed by atoms with Gasteiger partial charge in [-0.3, -0.25) is 9.59 Å². The van der Waals surface area contributed by atoms with Gasteiger partial charge in [-0.05, 0) is 35.9 Å². The van der Waals surface area contributed by atoms with Crippen LogP contribution in [0.3, 0.4) is 0 Å². The molecule has 1 aromatic heterocycles. The summed E-state index contributed by atoms with van der Waals surface area (Å²) in [4.78, 5) is 29.0. The van der Waals surface area contributed by atoms with Crippen molar-refractivity contribution in [2.45, 2.75) is 31.8 Å². The van der Waals surface area contributed by atoms with Crippen molar-refractivity contribution in [3.05, 3.63) is 48.7 Å². The van der Waals surface area contributed by atoms with Crippen LogP contribution >= 0.6 is 11.8 Å². The van der Waals surface area contributed by atoms with Crippen molar-refractivity contribution in [3.63, 3.8) is 0 Å². The molecule has 0 spiro atoms. The Balaban J connectivity index is 1.90. The number of rotatable bonds is 9. The molecular formula is C20H25N3O3S. The standard InChI is InChI=1S/C20H25N3O3S/c1-4-27-18-11-10-15(12-21-18)22-20(25)19(14(2)3)23-17(24)13-26-16-8-6-5-7-9-16/h5-12,14,19H,4,13H2,1-3H3,(H,22,25)(H,23,24). The van der Waals surface area contributed by atoms with Crippen LogP contribution in [0, 0.1) is 5.92 Å². The zero-order chi connectivity index (χ0) is 19.6. The Bertz CT molecular complexity index is 736. The van der Waals surface area contributed by atoms with E-state index in [1.54, 1.807) is 36.2 Å². The molecule has 6 nitrogen and oxygen atoms in total. The van der Waals surface area contributed by atoms with Crippen LogP contribution < -0.4 is 15.4 Å². The van der Waals surface area contributed by atoms with E-state index in [9.17, 15) is 9.59 Å². The van der Waals surface area contributed by atoms with E-state index in [1.165, 1.54) is 0 Å². The second-order valence-corrected chi connectivity index (χ2v) is 7.48. The van der Waals surface area contributed by atoms with Crippen molar-refractivity contribution >= 4 is 29.3 Å². The number of carbonyl (C=O) groups is 2. The van der Waals surface area contributed by atoms with E-state index in [4.69, 9.17) is 4.74 Å². The lowest BCUT2D eigenvalue weighted by atomic mass is 10.0. The molecule has 2 rings (SSSR count). The number of nitrogens with one attached hydrogen (secondary N) is 2. The smallest absolute Gasteiger partial charge is 0.258 e.